The quantitative estimate of drug-likeness (QED) is 0.621. The summed E-state index contributed by atoms with van der Waals surface area (Å²) in [5.74, 6) is 6.24. The number of hydrogen-bond acceptors (Lipinski definition) is 8. The molecule has 29 heavy (non-hydrogen) atoms. The maximum atomic E-state index is 11.6. The number of amides is 1. The van der Waals surface area contributed by atoms with Gasteiger partial charge in [0.1, 0.15) is 5.75 Å². The zero-order valence-corrected chi connectivity index (χ0v) is 16.8. The van der Waals surface area contributed by atoms with E-state index in [1.54, 1.807) is 19.1 Å². The summed E-state index contributed by atoms with van der Waals surface area (Å²) in [6.07, 6.45) is 0. The first kappa shape index (κ1) is 19.1. The Morgan fingerprint density at radius 1 is 1.41 bits per heavy atom. The molecule has 0 fully saturated rings. The predicted octanol–water partition coefficient (Wildman–Crippen LogP) is 2.36. The zero-order chi connectivity index (χ0) is 20.8. The molecule has 2 aromatic heterocycles. The van der Waals surface area contributed by atoms with E-state index in [0.717, 1.165) is 10.4 Å². The van der Waals surface area contributed by atoms with Crippen molar-refractivity contribution in [2.24, 2.45) is 5.73 Å². The highest BCUT2D eigenvalue weighted by Crippen LogP contribution is 2.41. The predicted molar refractivity (Wildman–Crippen MR) is 105 cm³/mol. The highest BCUT2D eigenvalue weighted by molar-refractivity contribution is 7.14. The normalized spacial score (nSPS) is 17.0. The lowest BCUT2D eigenvalue weighted by atomic mass is 10.0. The first-order chi connectivity index (χ1) is 13.7. The van der Waals surface area contributed by atoms with Crippen LogP contribution in [0, 0.1) is 18.8 Å². The lowest BCUT2D eigenvalue weighted by Crippen LogP contribution is -2.19. The number of nitrogens with two attached hydrogens (primary N) is 1. The van der Waals surface area contributed by atoms with Gasteiger partial charge in [0.05, 0.1) is 12.3 Å². The van der Waals surface area contributed by atoms with Gasteiger partial charge in [-0.15, -0.1) is 21.5 Å². The van der Waals surface area contributed by atoms with E-state index in [1.165, 1.54) is 18.3 Å². The number of ether oxygens (including phenoxy) is 1. The number of aliphatic hydroxyl groups is 1. The fourth-order valence-electron chi connectivity index (χ4n) is 2.91. The van der Waals surface area contributed by atoms with Gasteiger partial charge in [0.2, 0.25) is 11.5 Å². The summed E-state index contributed by atoms with van der Waals surface area (Å²) in [4.78, 5) is 17.0. The maximum Gasteiger partial charge on any atom is 0.277 e. The lowest BCUT2D eigenvalue weighted by molar-refractivity contribution is 0.0881. The molecule has 2 unspecified atom stereocenters. The van der Waals surface area contributed by atoms with E-state index in [2.05, 4.69) is 27.0 Å². The summed E-state index contributed by atoms with van der Waals surface area (Å²) in [6.45, 7) is 5.60. The molecule has 1 aliphatic rings. The van der Waals surface area contributed by atoms with Crippen LogP contribution in [-0.2, 0) is 5.60 Å². The van der Waals surface area contributed by atoms with Crippen molar-refractivity contribution in [2.45, 2.75) is 32.3 Å². The average molecular weight is 410 g/mol. The molecule has 0 bridgehead atoms. The van der Waals surface area contributed by atoms with Gasteiger partial charge in [0, 0.05) is 28.8 Å². The molecule has 1 aliphatic heterocycles. The topological polar surface area (TPSA) is 124 Å². The summed E-state index contributed by atoms with van der Waals surface area (Å²) >= 11 is 1.28. The molecule has 3 heterocycles. The lowest BCUT2D eigenvalue weighted by Gasteiger charge is -2.10. The molecule has 148 valence electrons. The number of aromatic nitrogens is 3. The maximum absolute atomic E-state index is 11.6. The van der Waals surface area contributed by atoms with Crippen LogP contribution in [0.15, 0.2) is 22.6 Å². The summed E-state index contributed by atoms with van der Waals surface area (Å²) in [5.41, 5.74) is 5.87. The van der Waals surface area contributed by atoms with E-state index >= 15 is 0 Å². The number of aryl methyl sites for hydroxylation is 1. The molecule has 1 aromatic carbocycles. The second-order valence-electron chi connectivity index (χ2n) is 6.97. The van der Waals surface area contributed by atoms with Gasteiger partial charge in [0.15, 0.2) is 5.01 Å². The third-order valence-electron chi connectivity index (χ3n) is 4.43. The third-order valence-corrected chi connectivity index (χ3v) is 5.73. The van der Waals surface area contributed by atoms with Crippen LogP contribution >= 0.6 is 11.3 Å². The van der Waals surface area contributed by atoms with Crippen LogP contribution in [0.25, 0.3) is 11.3 Å². The minimum atomic E-state index is -1.59. The summed E-state index contributed by atoms with van der Waals surface area (Å²) in [7, 11) is 0. The van der Waals surface area contributed by atoms with E-state index in [9.17, 15) is 9.90 Å². The molecule has 0 spiro atoms. The molecule has 0 saturated carbocycles. The van der Waals surface area contributed by atoms with E-state index < -0.39 is 11.5 Å². The van der Waals surface area contributed by atoms with Gasteiger partial charge < -0.3 is 20.0 Å². The Labute approximate surface area is 170 Å². The SMILES string of the molecule is Cc1nnc(C(C)(O)C#Cc2ccc3c(c2)-c2nc(C(N)=O)sc2C(C)CO3)o1. The Hall–Kier alpha value is -3.22. The highest BCUT2D eigenvalue weighted by Gasteiger charge is 2.28. The summed E-state index contributed by atoms with van der Waals surface area (Å²) in [5, 5.41) is 18.4. The van der Waals surface area contributed by atoms with Crippen molar-refractivity contribution in [3.8, 4) is 28.8 Å². The minimum absolute atomic E-state index is 0.0299. The Morgan fingerprint density at radius 2 is 2.21 bits per heavy atom. The fraction of sp³-hybridized carbons (Fsp3) is 0.300. The van der Waals surface area contributed by atoms with Gasteiger partial charge in [-0.05, 0) is 25.1 Å². The Balaban J connectivity index is 1.76. The van der Waals surface area contributed by atoms with Crippen molar-refractivity contribution >= 4 is 17.2 Å². The number of hydrogen-bond donors (Lipinski definition) is 2. The van der Waals surface area contributed by atoms with Gasteiger partial charge in [-0.1, -0.05) is 18.8 Å². The van der Waals surface area contributed by atoms with Crippen molar-refractivity contribution in [3.05, 3.63) is 45.4 Å². The molecule has 3 N–H and O–H groups in total. The standard InChI is InChI=1S/C20H18N4O4S/c1-10-9-27-14-5-4-12(6-7-20(3,26)19-24-23-11(2)28-19)8-13(14)15-16(10)29-18(22-15)17(21)25/h4-5,8,10,26H,9H2,1-3H3,(H2,21,25). The Morgan fingerprint density at radius 3 is 2.90 bits per heavy atom. The van der Waals surface area contributed by atoms with Gasteiger partial charge in [-0.2, -0.15) is 0 Å². The molecule has 0 saturated heterocycles. The average Bonchev–Trinajstić information content (AvgIpc) is 3.29. The molecule has 4 rings (SSSR count). The molecular formula is C20H18N4O4S. The number of primary amides is 1. The Kier molecular flexibility index (Phi) is 4.61. The molecular weight excluding hydrogens is 392 g/mol. The smallest absolute Gasteiger partial charge is 0.277 e. The number of rotatable bonds is 2. The van der Waals surface area contributed by atoms with Gasteiger partial charge in [-0.3, -0.25) is 4.79 Å². The second kappa shape index (κ2) is 6.99. The number of benzene rings is 1. The van der Waals surface area contributed by atoms with Crippen molar-refractivity contribution in [2.75, 3.05) is 6.61 Å². The molecule has 3 aromatic rings. The van der Waals surface area contributed by atoms with Crippen molar-refractivity contribution < 1.29 is 19.1 Å². The molecule has 0 radical (unpaired) electrons. The number of fused-ring (bicyclic) bond motifs is 3. The third kappa shape index (κ3) is 3.60. The summed E-state index contributed by atoms with van der Waals surface area (Å²) < 4.78 is 11.2. The number of thiazole rings is 1. The van der Waals surface area contributed by atoms with Crippen LogP contribution in [0.4, 0.5) is 0 Å². The minimum Gasteiger partial charge on any atom is -0.492 e. The monoisotopic (exact) mass is 410 g/mol. The number of carbonyl (C=O) groups is 1. The molecule has 1 amide bonds. The summed E-state index contributed by atoms with van der Waals surface area (Å²) in [6, 6.07) is 5.41. The van der Waals surface area contributed by atoms with Crippen molar-refractivity contribution in [3.63, 3.8) is 0 Å². The van der Waals surface area contributed by atoms with Gasteiger partial charge in [-0.25, -0.2) is 4.98 Å². The van der Waals surface area contributed by atoms with E-state index in [-0.39, 0.29) is 16.8 Å². The number of nitrogens with zero attached hydrogens (tertiary/aromatic N) is 3. The van der Waals surface area contributed by atoms with Crippen LogP contribution in [0.5, 0.6) is 5.75 Å². The molecule has 9 heteroatoms. The van der Waals surface area contributed by atoms with Crippen LogP contribution in [0.2, 0.25) is 0 Å². The second-order valence-corrected chi connectivity index (χ2v) is 8.00. The van der Waals surface area contributed by atoms with Crippen molar-refractivity contribution in [1.82, 2.24) is 15.2 Å². The van der Waals surface area contributed by atoms with Crippen LogP contribution in [-0.4, -0.2) is 32.8 Å². The first-order valence-electron chi connectivity index (χ1n) is 8.88. The van der Waals surface area contributed by atoms with Gasteiger partial charge >= 0.3 is 0 Å². The zero-order valence-electron chi connectivity index (χ0n) is 16.0. The van der Waals surface area contributed by atoms with Crippen LogP contribution < -0.4 is 10.5 Å². The van der Waals surface area contributed by atoms with E-state index in [1.807, 2.05) is 13.0 Å². The first-order valence-corrected chi connectivity index (χ1v) is 9.70. The fourth-order valence-corrected chi connectivity index (χ4v) is 3.88. The molecule has 2 atom stereocenters. The van der Waals surface area contributed by atoms with E-state index in [0.29, 0.717) is 29.5 Å². The van der Waals surface area contributed by atoms with Crippen LogP contribution in [0.1, 0.15) is 51.8 Å². The Bertz CT molecular complexity index is 1170. The molecule has 8 nitrogen and oxygen atoms in total. The number of carbonyl (C=O) groups excluding carboxylic acids is 1. The highest BCUT2D eigenvalue weighted by atomic mass is 32.1. The molecule has 0 aliphatic carbocycles. The van der Waals surface area contributed by atoms with Crippen molar-refractivity contribution in [1.29, 1.82) is 0 Å². The van der Waals surface area contributed by atoms with E-state index in [4.69, 9.17) is 14.9 Å². The van der Waals surface area contributed by atoms with Gasteiger partial charge in [0.25, 0.3) is 11.8 Å². The largest absolute Gasteiger partial charge is 0.492 e. The van der Waals surface area contributed by atoms with Crippen LogP contribution in [0.3, 0.4) is 0 Å².